The van der Waals surface area contributed by atoms with Crippen molar-refractivity contribution in [3.05, 3.63) is 70.8 Å². The summed E-state index contributed by atoms with van der Waals surface area (Å²) in [6.07, 6.45) is 1.11. The average Bonchev–Trinajstić information content (AvgIpc) is 3.02. The fourth-order valence-corrected chi connectivity index (χ4v) is 4.07. The largest absolute Gasteiger partial charge is 0.333 e. The Morgan fingerprint density at radius 1 is 1.03 bits per heavy atom. The first kappa shape index (κ1) is 22.0. The first-order valence-corrected chi connectivity index (χ1v) is 10.1. The quantitative estimate of drug-likeness (QED) is 0.745. The third-order valence-electron chi connectivity index (χ3n) is 5.76. The van der Waals surface area contributed by atoms with Crippen LogP contribution in [-0.2, 0) is 11.2 Å². The molecule has 30 heavy (non-hydrogen) atoms. The molecular weight excluding hydrogens is 402 g/mol. The van der Waals surface area contributed by atoms with Gasteiger partial charge in [-0.2, -0.15) is 0 Å². The van der Waals surface area contributed by atoms with Gasteiger partial charge in [0.05, 0.1) is 17.2 Å². The molecule has 0 radical (unpaired) electrons. The Hall–Kier alpha value is -2.70. The molecule has 0 aliphatic carbocycles. The van der Waals surface area contributed by atoms with Crippen molar-refractivity contribution in [2.24, 2.45) is 0 Å². The van der Waals surface area contributed by atoms with Crippen molar-refractivity contribution >= 4 is 30.1 Å². The maximum absolute atomic E-state index is 13.0. The second-order valence-corrected chi connectivity index (χ2v) is 7.46. The van der Waals surface area contributed by atoms with Gasteiger partial charge < -0.3 is 10.2 Å². The van der Waals surface area contributed by atoms with Crippen LogP contribution in [-0.4, -0.2) is 53.7 Å². The lowest BCUT2D eigenvalue weighted by atomic mass is 10.0. The summed E-state index contributed by atoms with van der Waals surface area (Å²) in [5, 5.41) is 3.36. The molecule has 2 aromatic rings. The van der Waals surface area contributed by atoms with Gasteiger partial charge in [0.25, 0.3) is 11.8 Å². The molecule has 1 atom stereocenters. The number of amides is 3. The standard InChI is InChI=1S/C23H25N3O3.ClH/c1-2-16-7-9-17(10-8-16)20-15-24-12-14-25(20)21(27)11-13-26-22(28)18-5-3-4-6-19(18)23(26)29;/h3-10,20,24H,2,11-15H2,1H3;1H. The van der Waals surface area contributed by atoms with Crippen LogP contribution >= 0.6 is 12.4 Å². The highest BCUT2D eigenvalue weighted by Crippen LogP contribution is 2.25. The van der Waals surface area contributed by atoms with Crippen LogP contribution in [0.3, 0.4) is 0 Å². The van der Waals surface area contributed by atoms with Crippen molar-refractivity contribution in [3.8, 4) is 0 Å². The van der Waals surface area contributed by atoms with E-state index in [1.165, 1.54) is 10.5 Å². The molecule has 0 aromatic heterocycles. The first-order chi connectivity index (χ1) is 14.1. The third kappa shape index (κ3) is 4.11. The van der Waals surface area contributed by atoms with E-state index in [1.807, 2.05) is 4.90 Å². The van der Waals surface area contributed by atoms with Crippen LogP contribution in [0.4, 0.5) is 0 Å². The van der Waals surface area contributed by atoms with Gasteiger partial charge in [0.1, 0.15) is 0 Å². The predicted molar refractivity (Wildman–Crippen MR) is 117 cm³/mol. The maximum atomic E-state index is 13.0. The Balaban J connectivity index is 0.00000256. The van der Waals surface area contributed by atoms with Gasteiger partial charge in [-0.25, -0.2) is 0 Å². The van der Waals surface area contributed by atoms with E-state index in [9.17, 15) is 14.4 Å². The second kappa shape index (κ2) is 9.41. The highest BCUT2D eigenvalue weighted by molar-refractivity contribution is 6.21. The number of carbonyl (C=O) groups excluding carboxylic acids is 3. The molecule has 2 heterocycles. The summed E-state index contributed by atoms with van der Waals surface area (Å²) in [6, 6.07) is 15.1. The molecule has 0 bridgehead atoms. The Morgan fingerprint density at radius 2 is 1.67 bits per heavy atom. The third-order valence-corrected chi connectivity index (χ3v) is 5.76. The first-order valence-electron chi connectivity index (χ1n) is 10.1. The van der Waals surface area contributed by atoms with Crippen molar-refractivity contribution in [1.82, 2.24) is 15.1 Å². The molecule has 2 aliphatic rings. The van der Waals surface area contributed by atoms with Gasteiger partial charge in [0.15, 0.2) is 0 Å². The van der Waals surface area contributed by atoms with E-state index in [0.717, 1.165) is 18.5 Å². The van der Waals surface area contributed by atoms with Crippen LogP contribution < -0.4 is 5.32 Å². The molecule has 158 valence electrons. The zero-order valence-electron chi connectivity index (χ0n) is 17.0. The van der Waals surface area contributed by atoms with Gasteiger partial charge >= 0.3 is 0 Å². The van der Waals surface area contributed by atoms with Crippen molar-refractivity contribution in [3.63, 3.8) is 0 Å². The van der Waals surface area contributed by atoms with Crippen molar-refractivity contribution in [2.45, 2.75) is 25.8 Å². The molecule has 1 saturated heterocycles. The summed E-state index contributed by atoms with van der Waals surface area (Å²) in [7, 11) is 0. The summed E-state index contributed by atoms with van der Waals surface area (Å²) in [4.78, 5) is 41.1. The zero-order valence-corrected chi connectivity index (χ0v) is 17.8. The molecule has 0 saturated carbocycles. The second-order valence-electron chi connectivity index (χ2n) is 7.46. The number of nitrogens with zero attached hydrogens (tertiary/aromatic N) is 2. The number of aryl methyl sites for hydroxylation is 1. The monoisotopic (exact) mass is 427 g/mol. The Kier molecular flexibility index (Phi) is 6.90. The molecule has 7 heteroatoms. The van der Waals surface area contributed by atoms with Crippen LogP contribution in [0.5, 0.6) is 0 Å². The van der Waals surface area contributed by atoms with Gasteiger partial charge in [-0.3, -0.25) is 19.3 Å². The smallest absolute Gasteiger partial charge is 0.261 e. The molecule has 2 aromatic carbocycles. The minimum atomic E-state index is -0.314. The number of fused-ring (bicyclic) bond motifs is 1. The Bertz CT molecular complexity index is 910. The van der Waals surface area contributed by atoms with Gasteiger partial charge in [0, 0.05) is 32.6 Å². The zero-order chi connectivity index (χ0) is 20.4. The summed E-state index contributed by atoms with van der Waals surface area (Å²) in [5.74, 6) is -0.663. The fourth-order valence-electron chi connectivity index (χ4n) is 4.07. The van der Waals surface area contributed by atoms with E-state index in [2.05, 4.69) is 36.5 Å². The molecule has 4 rings (SSSR count). The van der Waals surface area contributed by atoms with E-state index in [-0.39, 0.29) is 49.1 Å². The van der Waals surface area contributed by atoms with Crippen LogP contribution in [0, 0.1) is 0 Å². The van der Waals surface area contributed by atoms with E-state index >= 15 is 0 Å². The highest BCUT2D eigenvalue weighted by atomic mass is 35.5. The number of imide groups is 1. The Labute approximate surface area is 182 Å². The van der Waals surface area contributed by atoms with E-state index in [1.54, 1.807) is 24.3 Å². The summed E-state index contributed by atoms with van der Waals surface area (Å²) < 4.78 is 0. The Morgan fingerprint density at radius 3 is 2.27 bits per heavy atom. The van der Waals surface area contributed by atoms with E-state index in [0.29, 0.717) is 24.2 Å². The predicted octanol–water partition coefficient (Wildman–Crippen LogP) is 2.83. The number of piperazine rings is 1. The van der Waals surface area contributed by atoms with Gasteiger partial charge in [-0.15, -0.1) is 12.4 Å². The molecule has 2 aliphatic heterocycles. The molecule has 0 spiro atoms. The van der Waals surface area contributed by atoms with Crippen LogP contribution in [0.15, 0.2) is 48.5 Å². The minimum Gasteiger partial charge on any atom is -0.333 e. The number of carbonyl (C=O) groups is 3. The number of rotatable bonds is 5. The SMILES string of the molecule is CCc1ccc(C2CNCCN2C(=O)CCN2C(=O)c3ccccc3C2=O)cc1.Cl. The summed E-state index contributed by atoms with van der Waals surface area (Å²) in [5.41, 5.74) is 3.20. The van der Waals surface area contributed by atoms with Gasteiger partial charge in [-0.1, -0.05) is 43.3 Å². The van der Waals surface area contributed by atoms with Crippen molar-refractivity contribution in [2.75, 3.05) is 26.2 Å². The van der Waals surface area contributed by atoms with Gasteiger partial charge in [-0.05, 0) is 29.7 Å². The maximum Gasteiger partial charge on any atom is 0.261 e. The molecule has 1 fully saturated rings. The number of halogens is 1. The molecular formula is C23H26ClN3O3. The van der Waals surface area contributed by atoms with Crippen LogP contribution in [0.25, 0.3) is 0 Å². The number of hydrogen-bond acceptors (Lipinski definition) is 4. The number of hydrogen-bond donors (Lipinski definition) is 1. The summed E-state index contributed by atoms with van der Waals surface area (Å²) in [6.45, 7) is 4.27. The fraction of sp³-hybridized carbons (Fsp3) is 0.348. The lowest BCUT2D eigenvalue weighted by Crippen LogP contribution is -2.49. The van der Waals surface area contributed by atoms with Crippen LogP contribution in [0.1, 0.15) is 51.2 Å². The highest BCUT2D eigenvalue weighted by Gasteiger charge is 2.36. The number of benzene rings is 2. The lowest BCUT2D eigenvalue weighted by molar-refractivity contribution is -0.134. The van der Waals surface area contributed by atoms with Crippen LogP contribution in [0.2, 0.25) is 0 Å². The molecule has 3 amide bonds. The minimum absolute atomic E-state index is 0. The van der Waals surface area contributed by atoms with Crippen molar-refractivity contribution in [1.29, 1.82) is 0 Å². The lowest BCUT2D eigenvalue weighted by Gasteiger charge is -2.37. The topological polar surface area (TPSA) is 69.7 Å². The van der Waals surface area contributed by atoms with E-state index in [4.69, 9.17) is 0 Å². The normalized spacial score (nSPS) is 18.2. The van der Waals surface area contributed by atoms with E-state index < -0.39 is 0 Å². The van der Waals surface area contributed by atoms with Crippen molar-refractivity contribution < 1.29 is 14.4 Å². The molecule has 6 nitrogen and oxygen atoms in total. The summed E-state index contributed by atoms with van der Waals surface area (Å²) >= 11 is 0. The molecule has 1 N–H and O–H groups in total. The average molecular weight is 428 g/mol. The molecule has 1 unspecified atom stereocenters. The number of nitrogens with one attached hydrogen (secondary N) is 1. The van der Waals surface area contributed by atoms with Gasteiger partial charge in [0.2, 0.25) is 5.91 Å².